The van der Waals surface area contributed by atoms with Gasteiger partial charge in [-0.2, -0.15) is 11.8 Å². The van der Waals surface area contributed by atoms with E-state index in [1.807, 2.05) is 24.3 Å². The number of fused-ring (bicyclic) bond motifs is 3. The normalized spacial score (nSPS) is 13.8. The maximum atomic E-state index is 12.5. The Bertz CT molecular complexity index is 1180. The minimum atomic E-state index is -1.06. The lowest BCUT2D eigenvalue weighted by Crippen LogP contribution is -2.43. The average Bonchev–Trinajstić information content (AvgIpc) is 3.22. The first-order valence-electron chi connectivity index (χ1n) is 13.6. The maximum Gasteiger partial charge on any atom is 0.407 e. The van der Waals surface area contributed by atoms with E-state index in [4.69, 9.17) is 4.74 Å². The molecular weight excluding hydrogens is 506 g/mol. The summed E-state index contributed by atoms with van der Waals surface area (Å²) in [4.78, 5) is 24.3. The number of amides is 1. The lowest BCUT2D eigenvalue weighted by atomic mass is 9.98. The van der Waals surface area contributed by atoms with Gasteiger partial charge in [-0.25, -0.2) is 9.59 Å². The van der Waals surface area contributed by atoms with Gasteiger partial charge >= 0.3 is 12.1 Å². The van der Waals surface area contributed by atoms with Crippen molar-refractivity contribution >= 4 is 23.8 Å². The number of nitrogens with one attached hydrogen (secondary N) is 1. The molecule has 0 bridgehead atoms. The van der Waals surface area contributed by atoms with Gasteiger partial charge in [-0.05, 0) is 75.6 Å². The van der Waals surface area contributed by atoms with E-state index in [9.17, 15) is 14.7 Å². The van der Waals surface area contributed by atoms with Crippen molar-refractivity contribution in [1.82, 2.24) is 5.32 Å². The number of carboxylic acid groups (broad SMARTS) is 1. The number of allylic oxidation sites excluding steroid dienone is 5. The molecule has 2 N–H and O–H groups in total. The third-order valence-corrected chi connectivity index (χ3v) is 7.86. The molecule has 0 aromatic heterocycles. The predicted molar refractivity (Wildman–Crippen MR) is 162 cm³/mol. The van der Waals surface area contributed by atoms with Gasteiger partial charge in [0, 0.05) is 17.4 Å². The van der Waals surface area contributed by atoms with E-state index in [-0.39, 0.29) is 18.3 Å². The van der Waals surface area contributed by atoms with E-state index in [0.29, 0.717) is 5.75 Å². The molecule has 2 aromatic carbocycles. The van der Waals surface area contributed by atoms with Crippen LogP contribution >= 0.6 is 11.8 Å². The molecule has 0 fully saturated rings. The number of carbonyl (C=O) groups excluding carboxylic acids is 1. The lowest BCUT2D eigenvalue weighted by molar-refractivity contribution is -0.138. The van der Waals surface area contributed by atoms with Crippen LogP contribution in [0.1, 0.15) is 70.4 Å². The number of hydrogen-bond acceptors (Lipinski definition) is 4. The second kappa shape index (κ2) is 15.4. The summed E-state index contributed by atoms with van der Waals surface area (Å²) in [6.07, 6.45) is 10.2. The van der Waals surface area contributed by atoms with Crippen molar-refractivity contribution in [1.29, 1.82) is 0 Å². The summed E-state index contributed by atoms with van der Waals surface area (Å²) in [5.74, 6) is -0.159. The van der Waals surface area contributed by atoms with Crippen LogP contribution in [-0.4, -0.2) is 41.3 Å². The Hall–Kier alpha value is -3.25. The van der Waals surface area contributed by atoms with E-state index < -0.39 is 18.1 Å². The fraction of sp³-hybridized carbons (Fsp3) is 0.394. The Morgan fingerprint density at radius 1 is 0.897 bits per heavy atom. The number of rotatable bonds is 14. The molecule has 1 unspecified atom stereocenters. The maximum absolute atomic E-state index is 12.5. The molecule has 0 heterocycles. The van der Waals surface area contributed by atoms with Crippen LogP contribution in [0.25, 0.3) is 11.1 Å². The number of aliphatic carboxylic acids is 1. The van der Waals surface area contributed by atoms with Crippen LogP contribution in [0.3, 0.4) is 0 Å². The Morgan fingerprint density at radius 3 is 2.05 bits per heavy atom. The molecule has 1 atom stereocenters. The molecule has 0 aliphatic heterocycles. The molecule has 1 amide bonds. The molecule has 208 valence electrons. The largest absolute Gasteiger partial charge is 0.480 e. The average molecular weight is 548 g/mol. The number of carboxylic acids is 1. The van der Waals surface area contributed by atoms with Crippen LogP contribution in [0.2, 0.25) is 0 Å². The van der Waals surface area contributed by atoms with Gasteiger partial charge in [0.25, 0.3) is 0 Å². The van der Waals surface area contributed by atoms with Crippen molar-refractivity contribution in [2.24, 2.45) is 0 Å². The summed E-state index contributed by atoms with van der Waals surface area (Å²) in [7, 11) is 0. The van der Waals surface area contributed by atoms with Gasteiger partial charge < -0.3 is 15.2 Å². The van der Waals surface area contributed by atoms with Crippen molar-refractivity contribution in [3.8, 4) is 11.1 Å². The molecule has 1 aliphatic carbocycles. The van der Waals surface area contributed by atoms with Gasteiger partial charge in [0.1, 0.15) is 12.6 Å². The number of alkyl carbamates (subject to hydrolysis) is 1. The summed E-state index contributed by atoms with van der Waals surface area (Å²) in [6.45, 7) is 8.70. The third-order valence-electron chi connectivity index (χ3n) is 6.89. The van der Waals surface area contributed by atoms with E-state index >= 15 is 0 Å². The molecule has 0 spiro atoms. The predicted octanol–water partition coefficient (Wildman–Crippen LogP) is 8.13. The van der Waals surface area contributed by atoms with E-state index in [0.717, 1.165) is 47.9 Å². The molecule has 0 radical (unpaired) electrons. The highest BCUT2D eigenvalue weighted by atomic mass is 32.2. The van der Waals surface area contributed by atoms with Gasteiger partial charge in [-0.3, -0.25) is 0 Å². The van der Waals surface area contributed by atoms with Gasteiger partial charge in [0.15, 0.2) is 0 Å². The second-order valence-electron chi connectivity index (χ2n) is 10.4. The van der Waals surface area contributed by atoms with Crippen LogP contribution in [0.15, 0.2) is 83.5 Å². The number of carbonyl (C=O) groups is 2. The van der Waals surface area contributed by atoms with Crippen molar-refractivity contribution in [2.45, 2.75) is 65.3 Å². The number of benzene rings is 2. The summed E-state index contributed by atoms with van der Waals surface area (Å²) < 4.78 is 5.52. The molecule has 3 rings (SSSR count). The summed E-state index contributed by atoms with van der Waals surface area (Å²) in [6, 6.07) is 15.2. The Labute approximate surface area is 237 Å². The van der Waals surface area contributed by atoms with Crippen LogP contribution in [0.4, 0.5) is 4.79 Å². The van der Waals surface area contributed by atoms with Crippen molar-refractivity contribution in [3.63, 3.8) is 0 Å². The van der Waals surface area contributed by atoms with E-state index in [1.54, 1.807) is 0 Å². The monoisotopic (exact) mass is 547 g/mol. The van der Waals surface area contributed by atoms with Gasteiger partial charge in [0.2, 0.25) is 0 Å². The minimum absolute atomic E-state index is 0.0649. The van der Waals surface area contributed by atoms with Crippen molar-refractivity contribution in [3.05, 3.63) is 94.6 Å². The molecule has 39 heavy (non-hydrogen) atoms. The smallest absolute Gasteiger partial charge is 0.407 e. The number of hydrogen-bond donors (Lipinski definition) is 2. The molecular formula is C33H41NO4S. The van der Waals surface area contributed by atoms with Crippen LogP contribution in [-0.2, 0) is 9.53 Å². The number of ether oxygens (including phenoxy) is 1. The summed E-state index contributed by atoms with van der Waals surface area (Å²) in [5.41, 5.74) is 8.59. The lowest BCUT2D eigenvalue weighted by Gasteiger charge is -2.17. The second-order valence-corrected chi connectivity index (χ2v) is 11.4. The molecule has 1 aliphatic rings. The van der Waals surface area contributed by atoms with Crippen LogP contribution in [0, 0.1) is 0 Å². The van der Waals surface area contributed by atoms with E-state index in [2.05, 4.69) is 75.5 Å². The summed E-state index contributed by atoms with van der Waals surface area (Å²) in [5, 5.41) is 12.2. The highest BCUT2D eigenvalue weighted by Crippen LogP contribution is 2.44. The standard InChI is InChI=1S/C33H41NO4S/c1-23(2)11-9-12-24(3)13-10-14-25(4)19-20-39-22-31(32(35)36)34-33(37)38-21-30-28-17-7-5-15-26(28)27-16-6-8-18-29(27)30/h5-8,11,13,15-19,30-31H,9-10,12,14,20-22H2,1-4H3,(H,34,37)(H,35,36). The Morgan fingerprint density at radius 2 is 1.46 bits per heavy atom. The minimum Gasteiger partial charge on any atom is -0.480 e. The van der Waals surface area contributed by atoms with Gasteiger partial charge in [-0.1, -0.05) is 83.5 Å². The SMILES string of the molecule is CC(C)=CCCC(C)=CCCC(C)=CCSCC(NC(=O)OCC1c2ccccc2-c2ccccc21)C(=O)O. The topological polar surface area (TPSA) is 75.6 Å². The zero-order valence-electron chi connectivity index (χ0n) is 23.5. The molecule has 0 saturated carbocycles. The molecule has 0 saturated heterocycles. The highest BCUT2D eigenvalue weighted by molar-refractivity contribution is 7.99. The quantitative estimate of drug-likeness (QED) is 0.184. The Kier molecular flexibility index (Phi) is 11.9. The van der Waals surface area contributed by atoms with Crippen molar-refractivity contribution < 1.29 is 19.4 Å². The fourth-order valence-corrected chi connectivity index (χ4v) is 5.68. The zero-order chi connectivity index (χ0) is 28.2. The van der Waals surface area contributed by atoms with Gasteiger partial charge in [0.05, 0.1) is 0 Å². The first-order valence-corrected chi connectivity index (χ1v) is 14.8. The summed E-state index contributed by atoms with van der Waals surface area (Å²) >= 11 is 1.49. The third kappa shape index (κ3) is 9.47. The van der Waals surface area contributed by atoms with Gasteiger partial charge in [-0.15, -0.1) is 0 Å². The van der Waals surface area contributed by atoms with Crippen LogP contribution < -0.4 is 5.32 Å². The number of thioether (sulfide) groups is 1. The Balaban J connectivity index is 1.41. The van der Waals surface area contributed by atoms with E-state index in [1.165, 1.54) is 28.5 Å². The fourth-order valence-electron chi connectivity index (χ4n) is 4.68. The first-order chi connectivity index (χ1) is 18.8. The van der Waals surface area contributed by atoms with Crippen molar-refractivity contribution in [2.75, 3.05) is 18.1 Å². The molecule has 5 nitrogen and oxygen atoms in total. The first kappa shape index (κ1) is 30.3. The highest BCUT2D eigenvalue weighted by Gasteiger charge is 2.29. The molecule has 6 heteroatoms. The molecule has 2 aromatic rings. The van der Waals surface area contributed by atoms with Crippen LogP contribution in [0.5, 0.6) is 0 Å². The zero-order valence-corrected chi connectivity index (χ0v) is 24.4.